The van der Waals surface area contributed by atoms with Crippen molar-refractivity contribution in [1.29, 1.82) is 0 Å². The highest BCUT2D eigenvalue weighted by molar-refractivity contribution is 5.21. The summed E-state index contributed by atoms with van der Waals surface area (Å²) < 4.78 is 5.97. The topological polar surface area (TPSA) is 21.3 Å². The number of benzene rings is 2. The lowest BCUT2D eigenvalue weighted by Crippen LogP contribution is -2.37. The van der Waals surface area contributed by atoms with Gasteiger partial charge in [-0.25, -0.2) is 0 Å². The Morgan fingerprint density at radius 3 is 2.23 bits per heavy atom. The van der Waals surface area contributed by atoms with Crippen LogP contribution in [0.5, 0.6) is 0 Å². The summed E-state index contributed by atoms with van der Waals surface area (Å²) in [5.74, 6) is 1.28. The molecule has 1 saturated heterocycles. The number of rotatable bonds is 7. The Morgan fingerprint density at radius 1 is 1.00 bits per heavy atom. The van der Waals surface area contributed by atoms with Crippen molar-refractivity contribution in [3.8, 4) is 0 Å². The summed E-state index contributed by atoms with van der Waals surface area (Å²) in [6, 6.07) is 22.2. The molecule has 3 rings (SSSR count). The molecule has 2 nitrogen and oxygen atoms in total. The molecule has 140 valence electrons. The zero-order valence-corrected chi connectivity index (χ0v) is 16.4. The first-order chi connectivity index (χ1) is 12.6. The molecule has 0 radical (unpaired) electrons. The van der Waals surface area contributed by atoms with Crippen LogP contribution in [0.3, 0.4) is 0 Å². The molecule has 1 heterocycles. The van der Waals surface area contributed by atoms with Crippen LogP contribution in [-0.2, 0) is 4.74 Å². The monoisotopic (exact) mass is 351 g/mol. The van der Waals surface area contributed by atoms with Crippen LogP contribution in [0.25, 0.3) is 0 Å². The van der Waals surface area contributed by atoms with Gasteiger partial charge in [-0.3, -0.25) is 0 Å². The summed E-state index contributed by atoms with van der Waals surface area (Å²) in [6.07, 6.45) is 3.47. The minimum Gasteiger partial charge on any atom is -0.376 e. The van der Waals surface area contributed by atoms with Crippen molar-refractivity contribution in [3.05, 3.63) is 71.8 Å². The Morgan fingerprint density at radius 2 is 1.62 bits per heavy atom. The lowest BCUT2D eigenvalue weighted by atomic mass is 9.75. The van der Waals surface area contributed by atoms with Crippen LogP contribution in [0.4, 0.5) is 0 Å². The molecule has 0 aromatic heterocycles. The van der Waals surface area contributed by atoms with Crippen LogP contribution >= 0.6 is 0 Å². The Balaban J connectivity index is 1.64. The van der Waals surface area contributed by atoms with E-state index >= 15 is 0 Å². The van der Waals surface area contributed by atoms with E-state index in [0.717, 1.165) is 26.0 Å². The van der Waals surface area contributed by atoms with Gasteiger partial charge in [0.1, 0.15) is 0 Å². The highest BCUT2D eigenvalue weighted by Crippen LogP contribution is 2.39. The molecular formula is C24H33NO. The third-order valence-corrected chi connectivity index (χ3v) is 5.74. The molecule has 0 spiro atoms. The van der Waals surface area contributed by atoms with Crippen LogP contribution in [-0.4, -0.2) is 18.8 Å². The minimum atomic E-state index is 0.000700. The number of hydrogen-bond donors (Lipinski definition) is 1. The highest BCUT2D eigenvalue weighted by atomic mass is 16.5. The summed E-state index contributed by atoms with van der Waals surface area (Å²) in [5, 5.41) is 3.73. The summed E-state index contributed by atoms with van der Waals surface area (Å²) in [4.78, 5) is 0. The molecule has 1 aliphatic rings. The van der Waals surface area contributed by atoms with E-state index in [1.807, 2.05) is 0 Å². The zero-order chi connectivity index (χ0) is 18.4. The molecule has 0 amide bonds. The lowest BCUT2D eigenvalue weighted by Gasteiger charge is -2.39. The van der Waals surface area contributed by atoms with Gasteiger partial charge in [-0.05, 0) is 69.5 Å². The smallest absolute Gasteiger partial charge is 0.0629 e. The van der Waals surface area contributed by atoms with Gasteiger partial charge in [0.25, 0.3) is 0 Å². The molecule has 26 heavy (non-hydrogen) atoms. The first kappa shape index (κ1) is 19.1. The van der Waals surface area contributed by atoms with Crippen molar-refractivity contribution in [3.63, 3.8) is 0 Å². The maximum Gasteiger partial charge on any atom is 0.0629 e. The van der Waals surface area contributed by atoms with Gasteiger partial charge >= 0.3 is 0 Å². The molecule has 2 aromatic carbocycles. The second-order valence-electron chi connectivity index (χ2n) is 8.25. The molecule has 1 fully saturated rings. The first-order valence-corrected chi connectivity index (χ1v) is 10.0. The predicted octanol–water partition coefficient (Wildman–Crippen LogP) is 5.72. The number of ether oxygens (including phenoxy) is 1. The largest absolute Gasteiger partial charge is 0.376 e. The Hall–Kier alpha value is -1.64. The molecule has 2 aromatic rings. The van der Waals surface area contributed by atoms with Crippen LogP contribution < -0.4 is 5.32 Å². The molecule has 0 aliphatic carbocycles. The molecule has 1 aliphatic heterocycles. The quantitative estimate of drug-likeness (QED) is 0.689. The number of nitrogens with one attached hydrogen (secondary N) is 1. The maximum absolute atomic E-state index is 5.97. The molecule has 3 atom stereocenters. The third-order valence-electron chi connectivity index (χ3n) is 5.74. The molecular weight excluding hydrogens is 318 g/mol. The normalized spacial score (nSPS) is 21.9. The van der Waals surface area contributed by atoms with Crippen molar-refractivity contribution in [2.45, 2.75) is 57.6 Å². The van der Waals surface area contributed by atoms with Gasteiger partial charge in [0, 0.05) is 12.6 Å². The van der Waals surface area contributed by atoms with Gasteiger partial charge in [-0.2, -0.15) is 0 Å². The molecule has 0 saturated carbocycles. The summed E-state index contributed by atoms with van der Waals surface area (Å²) in [5.41, 5.74) is 2.83. The Kier molecular flexibility index (Phi) is 6.50. The van der Waals surface area contributed by atoms with E-state index in [4.69, 9.17) is 4.74 Å². The van der Waals surface area contributed by atoms with Crippen LogP contribution in [0.1, 0.15) is 63.1 Å². The van der Waals surface area contributed by atoms with Crippen LogP contribution in [0.2, 0.25) is 0 Å². The Bertz CT molecular complexity index is 652. The third kappa shape index (κ3) is 5.18. The minimum absolute atomic E-state index is 0.000700. The second-order valence-corrected chi connectivity index (χ2v) is 8.25. The zero-order valence-electron chi connectivity index (χ0n) is 16.4. The van der Waals surface area contributed by atoms with E-state index < -0.39 is 0 Å². The first-order valence-electron chi connectivity index (χ1n) is 10.0. The van der Waals surface area contributed by atoms with Gasteiger partial charge in [0.05, 0.1) is 5.60 Å². The van der Waals surface area contributed by atoms with Crippen molar-refractivity contribution in [1.82, 2.24) is 5.32 Å². The summed E-state index contributed by atoms with van der Waals surface area (Å²) in [6.45, 7) is 8.64. The maximum atomic E-state index is 5.97. The van der Waals surface area contributed by atoms with E-state index in [9.17, 15) is 0 Å². The second kappa shape index (κ2) is 8.83. The fraction of sp³-hybridized carbons (Fsp3) is 0.500. The van der Waals surface area contributed by atoms with E-state index in [1.165, 1.54) is 17.5 Å². The standard InChI is InChI=1S/C24H33NO/c1-19(20-10-6-4-7-11-20)25-16-14-23(21-12-8-5-9-13-21)22-15-17-26-24(2,3)18-22/h4-13,19,22-23,25H,14-18H2,1-3H3/t19-,22-,23-/m1/s1. The fourth-order valence-electron chi connectivity index (χ4n) is 4.31. The predicted molar refractivity (Wildman–Crippen MR) is 109 cm³/mol. The van der Waals surface area contributed by atoms with Gasteiger partial charge < -0.3 is 10.1 Å². The van der Waals surface area contributed by atoms with Crippen molar-refractivity contribution in [2.24, 2.45) is 5.92 Å². The van der Waals surface area contributed by atoms with Crippen molar-refractivity contribution >= 4 is 0 Å². The van der Waals surface area contributed by atoms with Crippen molar-refractivity contribution < 1.29 is 4.74 Å². The van der Waals surface area contributed by atoms with Crippen molar-refractivity contribution in [2.75, 3.05) is 13.2 Å². The molecule has 1 N–H and O–H groups in total. The van der Waals surface area contributed by atoms with E-state index in [2.05, 4.69) is 86.8 Å². The van der Waals surface area contributed by atoms with Crippen LogP contribution in [0, 0.1) is 5.92 Å². The number of hydrogen-bond acceptors (Lipinski definition) is 2. The fourth-order valence-corrected chi connectivity index (χ4v) is 4.31. The SMILES string of the molecule is C[C@@H](NCC[C@H](c1ccccc1)[C@@H]1CCOC(C)(C)C1)c1ccccc1. The van der Waals surface area contributed by atoms with E-state index in [-0.39, 0.29) is 5.60 Å². The lowest BCUT2D eigenvalue weighted by molar-refractivity contribution is -0.0772. The van der Waals surface area contributed by atoms with E-state index in [0.29, 0.717) is 17.9 Å². The summed E-state index contributed by atoms with van der Waals surface area (Å²) >= 11 is 0. The van der Waals surface area contributed by atoms with Crippen LogP contribution in [0.15, 0.2) is 60.7 Å². The molecule has 2 heteroatoms. The van der Waals surface area contributed by atoms with Gasteiger partial charge in [0.2, 0.25) is 0 Å². The Labute approximate surface area is 159 Å². The molecule has 0 bridgehead atoms. The van der Waals surface area contributed by atoms with Gasteiger partial charge in [0.15, 0.2) is 0 Å². The average Bonchev–Trinajstić information content (AvgIpc) is 2.65. The van der Waals surface area contributed by atoms with Gasteiger partial charge in [-0.15, -0.1) is 0 Å². The van der Waals surface area contributed by atoms with Gasteiger partial charge in [-0.1, -0.05) is 60.7 Å². The highest BCUT2D eigenvalue weighted by Gasteiger charge is 2.33. The average molecular weight is 352 g/mol. The molecule has 0 unspecified atom stereocenters. The van der Waals surface area contributed by atoms with E-state index in [1.54, 1.807) is 0 Å². The summed E-state index contributed by atoms with van der Waals surface area (Å²) in [7, 11) is 0.